The van der Waals surface area contributed by atoms with E-state index in [0.717, 1.165) is 43.3 Å². The average Bonchev–Trinajstić information content (AvgIpc) is 3.48. The number of rotatable bonds is 5. The molecule has 13 heteroatoms. The van der Waals surface area contributed by atoms with Crippen LogP contribution in [0.2, 0.25) is 0 Å². The first-order valence-electron chi connectivity index (χ1n) is 9.72. The molecule has 4 rings (SSSR count). The van der Waals surface area contributed by atoms with Crippen molar-refractivity contribution in [3.63, 3.8) is 0 Å². The molecule has 0 spiro atoms. The maximum absolute atomic E-state index is 12.2. The highest BCUT2D eigenvalue weighted by Gasteiger charge is 2.50. The molecular weight excluding hydrogens is 437 g/mol. The number of aromatic nitrogens is 2. The molecule has 10 nitrogen and oxygen atoms in total. The van der Waals surface area contributed by atoms with E-state index >= 15 is 0 Å². The van der Waals surface area contributed by atoms with E-state index in [2.05, 4.69) is 20.5 Å². The molecule has 0 saturated carbocycles. The minimum absolute atomic E-state index is 0.0609. The van der Waals surface area contributed by atoms with Gasteiger partial charge in [-0.05, 0) is 13.8 Å². The molecule has 2 saturated heterocycles. The fourth-order valence-electron chi connectivity index (χ4n) is 3.94. The highest BCUT2D eigenvalue weighted by Crippen LogP contribution is 2.41. The maximum atomic E-state index is 12.2. The van der Waals surface area contributed by atoms with Gasteiger partial charge in [0.1, 0.15) is 5.76 Å². The molecule has 2 aliphatic rings. The van der Waals surface area contributed by atoms with E-state index in [0.29, 0.717) is 19.1 Å². The number of likely N-dealkylation sites (tertiary alicyclic amines) is 1. The molecule has 0 radical (unpaired) electrons. The molecule has 2 atom stereocenters. The average molecular weight is 460 g/mol. The number of nitrogens with one attached hydrogen (secondary N) is 1. The van der Waals surface area contributed by atoms with Crippen molar-refractivity contribution in [2.24, 2.45) is 11.3 Å². The fraction of sp³-hybridized carbons (Fsp3) is 0.579. The van der Waals surface area contributed by atoms with E-state index in [-0.39, 0.29) is 17.1 Å². The van der Waals surface area contributed by atoms with E-state index in [1.54, 1.807) is 6.07 Å². The summed E-state index contributed by atoms with van der Waals surface area (Å²) in [6, 6.07) is 1.56. The van der Waals surface area contributed by atoms with Gasteiger partial charge in [0.15, 0.2) is 0 Å². The molecule has 0 aromatic carbocycles. The third-order valence-corrected chi connectivity index (χ3v) is 5.66. The van der Waals surface area contributed by atoms with Crippen LogP contribution in [0.1, 0.15) is 27.6 Å². The van der Waals surface area contributed by atoms with Gasteiger partial charge in [-0.15, -0.1) is 0 Å². The van der Waals surface area contributed by atoms with Crippen molar-refractivity contribution in [3.05, 3.63) is 35.0 Å². The Balaban J connectivity index is 0.000000360. The Hall–Kier alpha value is -2.93. The van der Waals surface area contributed by atoms with E-state index in [1.165, 1.54) is 6.20 Å². The summed E-state index contributed by atoms with van der Waals surface area (Å²) >= 11 is 0. The van der Waals surface area contributed by atoms with Gasteiger partial charge in [-0.3, -0.25) is 9.69 Å². The molecule has 32 heavy (non-hydrogen) atoms. The summed E-state index contributed by atoms with van der Waals surface area (Å²) in [6.07, 6.45) is -3.62. The second-order valence-electron chi connectivity index (χ2n) is 7.91. The van der Waals surface area contributed by atoms with Crippen molar-refractivity contribution in [1.29, 1.82) is 0 Å². The van der Waals surface area contributed by atoms with E-state index < -0.39 is 12.1 Å². The van der Waals surface area contributed by atoms with Crippen LogP contribution in [0.4, 0.5) is 13.2 Å². The lowest BCUT2D eigenvalue weighted by Crippen LogP contribution is -2.43. The number of hydrogen-bond acceptors (Lipinski definition) is 8. The van der Waals surface area contributed by atoms with Gasteiger partial charge in [0.2, 0.25) is 5.76 Å². The van der Waals surface area contributed by atoms with Crippen molar-refractivity contribution in [1.82, 2.24) is 20.5 Å². The van der Waals surface area contributed by atoms with Crippen LogP contribution in [-0.4, -0.2) is 71.2 Å². The first kappa shape index (κ1) is 23.7. The number of aliphatic carboxylic acids is 1. The zero-order chi connectivity index (χ0) is 23.5. The number of carbonyl (C=O) groups is 2. The highest BCUT2D eigenvalue weighted by atomic mass is 19.4. The maximum Gasteiger partial charge on any atom is 0.490 e. The summed E-state index contributed by atoms with van der Waals surface area (Å²) in [6.45, 7) is 8.51. The number of aryl methyl sites for hydroxylation is 2. The second-order valence-corrected chi connectivity index (χ2v) is 7.91. The predicted octanol–water partition coefficient (Wildman–Crippen LogP) is 1.79. The number of amides is 1. The minimum atomic E-state index is -5.08. The van der Waals surface area contributed by atoms with Gasteiger partial charge in [0.25, 0.3) is 5.91 Å². The molecule has 2 N–H and O–H groups in total. The molecule has 2 aromatic heterocycles. The summed E-state index contributed by atoms with van der Waals surface area (Å²) in [5.41, 5.74) is 2.04. The van der Waals surface area contributed by atoms with E-state index in [9.17, 15) is 18.0 Å². The van der Waals surface area contributed by atoms with Gasteiger partial charge in [-0.25, -0.2) is 4.79 Å². The molecule has 4 heterocycles. The lowest BCUT2D eigenvalue weighted by Gasteiger charge is -2.27. The van der Waals surface area contributed by atoms with Crippen LogP contribution in [-0.2, 0) is 16.1 Å². The predicted molar refractivity (Wildman–Crippen MR) is 101 cm³/mol. The Morgan fingerprint density at radius 2 is 2.06 bits per heavy atom. The number of alkyl halides is 3. The Morgan fingerprint density at radius 1 is 1.34 bits per heavy atom. The Labute approximate surface area is 180 Å². The zero-order valence-corrected chi connectivity index (χ0v) is 17.4. The van der Waals surface area contributed by atoms with Crippen LogP contribution in [0.3, 0.4) is 0 Å². The van der Waals surface area contributed by atoms with Gasteiger partial charge in [0, 0.05) is 49.1 Å². The van der Waals surface area contributed by atoms with Crippen molar-refractivity contribution >= 4 is 11.9 Å². The highest BCUT2D eigenvalue weighted by molar-refractivity contribution is 5.91. The summed E-state index contributed by atoms with van der Waals surface area (Å²) < 4.78 is 47.6. The zero-order valence-electron chi connectivity index (χ0n) is 17.4. The van der Waals surface area contributed by atoms with Gasteiger partial charge in [-0.2, -0.15) is 13.2 Å². The van der Waals surface area contributed by atoms with Crippen LogP contribution in [0.25, 0.3) is 0 Å². The van der Waals surface area contributed by atoms with Crippen molar-refractivity contribution in [2.45, 2.75) is 26.6 Å². The summed E-state index contributed by atoms with van der Waals surface area (Å²) in [5.74, 6) is -1.48. The number of nitrogens with zero attached hydrogens (tertiary/aromatic N) is 3. The number of hydrogen-bond donors (Lipinski definition) is 2. The van der Waals surface area contributed by atoms with Crippen molar-refractivity contribution in [2.75, 3.05) is 32.8 Å². The summed E-state index contributed by atoms with van der Waals surface area (Å²) in [7, 11) is 0. The number of carbonyl (C=O) groups excluding carboxylic acids is 1. The van der Waals surface area contributed by atoms with Crippen molar-refractivity contribution < 1.29 is 41.6 Å². The molecule has 176 valence electrons. The number of carboxylic acids is 1. The van der Waals surface area contributed by atoms with Gasteiger partial charge in [0.05, 0.1) is 25.1 Å². The molecule has 0 aliphatic carbocycles. The summed E-state index contributed by atoms with van der Waals surface area (Å²) in [5, 5.41) is 17.7. The molecule has 2 aliphatic heterocycles. The summed E-state index contributed by atoms with van der Waals surface area (Å²) in [4.78, 5) is 23.5. The van der Waals surface area contributed by atoms with Gasteiger partial charge >= 0.3 is 12.1 Å². The topological polar surface area (TPSA) is 131 Å². The van der Waals surface area contributed by atoms with Crippen LogP contribution >= 0.6 is 0 Å². The van der Waals surface area contributed by atoms with E-state index in [1.807, 2.05) is 13.8 Å². The Bertz CT molecular complexity index is 926. The standard InChI is InChI=1S/C17H22N4O4.C2HF3O2/c1-11-14(12(2)24-20-11)6-21-5-13-7-23-10-17(13,9-21)8-18-16(22)15-3-4-19-25-15;3-2(4,5)1(6)7/h3-4,13H,5-10H2,1-2H3,(H,18,22);(H,6,7)/t13-,17+;/m1./s1. The number of ether oxygens (including phenoxy) is 1. The lowest BCUT2D eigenvalue weighted by atomic mass is 9.81. The van der Waals surface area contributed by atoms with Gasteiger partial charge in [-0.1, -0.05) is 10.3 Å². The van der Waals surface area contributed by atoms with Crippen LogP contribution in [0, 0.1) is 25.2 Å². The third kappa shape index (κ3) is 5.27. The largest absolute Gasteiger partial charge is 0.490 e. The molecule has 2 aromatic rings. The minimum Gasteiger partial charge on any atom is -0.475 e. The third-order valence-electron chi connectivity index (χ3n) is 5.66. The fourth-order valence-corrected chi connectivity index (χ4v) is 3.94. The first-order valence-corrected chi connectivity index (χ1v) is 9.72. The second kappa shape index (κ2) is 9.28. The number of fused-ring (bicyclic) bond motifs is 1. The number of halogens is 3. The molecule has 0 unspecified atom stereocenters. The van der Waals surface area contributed by atoms with Crippen LogP contribution in [0.15, 0.2) is 21.3 Å². The Kier molecular flexibility index (Phi) is 6.88. The van der Waals surface area contributed by atoms with Crippen LogP contribution in [0.5, 0.6) is 0 Å². The molecule has 0 bridgehead atoms. The number of carboxylic acid groups (broad SMARTS) is 1. The quantitative estimate of drug-likeness (QED) is 0.686. The molecule has 1 amide bonds. The SMILES string of the molecule is Cc1noc(C)c1CN1C[C@@H]2COC[C@]2(CNC(=O)c2ccno2)C1.O=C(O)C(F)(F)F. The normalized spacial score (nSPS) is 22.8. The smallest absolute Gasteiger partial charge is 0.475 e. The monoisotopic (exact) mass is 460 g/mol. The van der Waals surface area contributed by atoms with Crippen molar-refractivity contribution in [3.8, 4) is 0 Å². The van der Waals surface area contributed by atoms with E-state index in [4.69, 9.17) is 23.7 Å². The molecular formula is C19H23F3N4O6. The van der Waals surface area contributed by atoms with Gasteiger partial charge < -0.3 is 24.2 Å². The van der Waals surface area contributed by atoms with Crippen LogP contribution < -0.4 is 5.32 Å². The Morgan fingerprint density at radius 3 is 2.62 bits per heavy atom. The molecule has 2 fully saturated rings. The lowest BCUT2D eigenvalue weighted by molar-refractivity contribution is -0.192. The first-order chi connectivity index (χ1) is 15.0.